The molecule has 0 aromatic heterocycles. The van der Waals surface area contributed by atoms with Crippen molar-refractivity contribution in [2.45, 2.75) is 12.8 Å². The molecule has 0 radical (unpaired) electrons. The zero-order chi connectivity index (χ0) is 13.8. The van der Waals surface area contributed by atoms with E-state index in [0.717, 1.165) is 26.1 Å². The number of anilines is 1. The van der Waals surface area contributed by atoms with Crippen molar-refractivity contribution in [1.29, 1.82) is 0 Å². The van der Waals surface area contributed by atoms with Gasteiger partial charge in [0.1, 0.15) is 5.82 Å². The molecule has 1 aliphatic rings. The minimum Gasteiger partial charge on any atom is -0.398 e. The van der Waals surface area contributed by atoms with Crippen LogP contribution in [-0.4, -0.2) is 37.6 Å². The molecule has 0 spiro atoms. The van der Waals surface area contributed by atoms with Crippen LogP contribution in [-0.2, 0) is 4.74 Å². The minimum absolute atomic E-state index is 0.231. The van der Waals surface area contributed by atoms with Crippen molar-refractivity contribution < 1.29 is 13.9 Å². The van der Waals surface area contributed by atoms with E-state index in [4.69, 9.17) is 10.5 Å². The molecule has 1 fully saturated rings. The highest BCUT2D eigenvalue weighted by molar-refractivity contribution is 5.98. The van der Waals surface area contributed by atoms with Crippen LogP contribution in [0.3, 0.4) is 0 Å². The maximum atomic E-state index is 13.2. The second kappa shape index (κ2) is 6.02. The summed E-state index contributed by atoms with van der Waals surface area (Å²) in [5, 5.41) is 0. The largest absolute Gasteiger partial charge is 0.398 e. The van der Waals surface area contributed by atoms with Crippen molar-refractivity contribution >= 4 is 11.6 Å². The number of carbonyl (C=O) groups excluding carboxylic acids is 1. The van der Waals surface area contributed by atoms with Crippen molar-refractivity contribution in [1.82, 2.24) is 4.90 Å². The zero-order valence-corrected chi connectivity index (χ0v) is 11.1. The van der Waals surface area contributed by atoms with Gasteiger partial charge in [-0.05, 0) is 37.0 Å². The lowest BCUT2D eigenvalue weighted by atomic mass is 9.99. The fourth-order valence-corrected chi connectivity index (χ4v) is 2.32. The van der Waals surface area contributed by atoms with Gasteiger partial charge in [0, 0.05) is 32.5 Å². The van der Waals surface area contributed by atoms with Gasteiger partial charge in [0.25, 0.3) is 5.91 Å². The Hall–Kier alpha value is -1.62. The Morgan fingerprint density at radius 2 is 2.16 bits per heavy atom. The number of hydrogen-bond donors (Lipinski definition) is 1. The lowest BCUT2D eigenvalue weighted by Gasteiger charge is -2.27. The van der Waals surface area contributed by atoms with E-state index < -0.39 is 5.82 Å². The van der Waals surface area contributed by atoms with Gasteiger partial charge >= 0.3 is 0 Å². The van der Waals surface area contributed by atoms with Gasteiger partial charge in [0.15, 0.2) is 0 Å². The van der Waals surface area contributed by atoms with Crippen molar-refractivity contribution in [3.63, 3.8) is 0 Å². The standard InChI is InChI=1S/C14H19FN2O2/c1-17(9-10-4-6-19-7-5-10)14(18)12-8-11(15)2-3-13(12)16/h2-3,8,10H,4-7,9,16H2,1H3. The Balaban J connectivity index is 2.03. The van der Waals surface area contributed by atoms with Crippen molar-refractivity contribution in [3.8, 4) is 0 Å². The van der Waals surface area contributed by atoms with Crippen LogP contribution in [0.2, 0.25) is 0 Å². The lowest BCUT2D eigenvalue weighted by molar-refractivity contribution is 0.0497. The second-order valence-corrected chi connectivity index (χ2v) is 4.97. The quantitative estimate of drug-likeness (QED) is 0.850. The molecule has 19 heavy (non-hydrogen) atoms. The van der Waals surface area contributed by atoms with E-state index >= 15 is 0 Å². The van der Waals surface area contributed by atoms with E-state index in [1.54, 1.807) is 11.9 Å². The molecule has 1 heterocycles. The molecule has 1 aliphatic heterocycles. The van der Waals surface area contributed by atoms with Gasteiger partial charge in [0.05, 0.1) is 5.56 Å². The van der Waals surface area contributed by atoms with Gasteiger partial charge in [-0.2, -0.15) is 0 Å². The molecule has 0 unspecified atom stereocenters. The number of nitrogens with two attached hydrogens (primary N) is 1. The van der Waals surface area contributed by atoms with Crippen LogP contribution in [0.4, 0.5) is 10.1 Å². The highest BCUT2D eigenvalue weighted by Crippen LogP contribution is 2.19. The molecule has 1 saturated heterocycles. The smallest absolute Gasteiger partial charge is 0.255 e. The minimum atomic E-state index is -0.447. The van der Waals surface area contributed by atoms with E-state index in [1.807, 2.05) is 0 Å². The highest BCUT2D eigenvalue weighted by atomic mass is 19.1. The van der Waals surface area contributed by atoms with E-state index in [0.29, 0.717) is 18.2 Å². The molecule has 1 aromatic rings. The van der Waals surface area contributed by atoms with E-state index in [-0.39, 0.29) is 11.5 Å². The molecule has 0 aliphatic carbocycles. The number of nitrogen functional groups attached to an aromatic ring is 1. The van der Waals surface area contributed by atoms with Crippen LogP contribution >= 0.6 is 0 Å². The Bertz CT molecular complexity index is 459. The lowest BCUT2D eigenvalue weighted by Crippen LogP contribution is -2.34. The first kappa shape index (κ1) is 13.8. The molecule has 1 aromatic carbocycles. The van der Waals surface area contributed by atoms with E-state index in [2.05, 4.69) is 0 Å². The van der Waals surface area contributed by atoms with Gasteiger partial charge in [-0.3, -0.25) is 4.79 Å². The summed E-state index contributed by atoms with van der Waals surface area (Å²) in [6.07, 6.45) is 1.91. The molecule has 4 nitrogen and oxygen atoms in total. The third-order valence-electron chi connectivity index (χ3n) is 3.47. The predicted octanol–water partition coefficient (Wildman–Crippen LogP) is 1.91. The monoisotopic (exact) mass is 266 g/mol. The Morgan fingerprint density at radius 1 is 1.47 bits per heavy atom. The third-order valence-corrected chi connectivity index (χ3v) is 3.47. The van der Waals surface area contributed by atoms with Gasteiger partial charge in [-0.1, -0.05) is 0 Å². The maximum Gasteiger partial charge on any atom is 0.255 e. The molecule has 2 rings (SSSR count). The molecule has 104 valence electrons. The number of nitrogens with zero attached hydrogens (tertiary/aromatic N) is 1. The summed E-state index contributed by atoms with van der Waals surface area (Å²) in [5.41, 5.74) is 6.27. The molecular formula is C14H19FN2O2. The van der Waals surface area contributed by atoms with Crippen LogP contribution in [0, 0.1) is 11.7 Å². The number of hydrogen-bond acceptors (Lipinski definition) is 3. The predicted molar refractivity (Wildman–Crippen MR) is 71.3 cm³/mol. The average Bonchev–Trinajstić information content (AvgIpc) is 2.42. The Kier molecular flexibility index (Phi) is 4.37. The third kappa shape index (κ3) is 3.44. The van der Waals surface area contributed by atoms with E-state index in [1.165, 1.54) is 18.2 Å². The summed E-state index contributed by atoms with van der Waals surface area (Å²) in [6, 6.07) is 3.87. The second-order valence-electron chi connectivity index (χ2n) is 4.97. The summed E-state index contributed by atoms with van der Waals surface area (Å²) in [5.74, 6) is -0.238. The fraction of sp³-hybridized carbons (Fsp3) is 0.500. The SMILES string of the molecule is CN(CC1CCOCC1)C(=O)c1cc(F)ccc1N. The summed E-state index contributed by atoms with van der Waals surface area (Å²) < 4.78 is 18.5. The van der Waals surface area contributed by atoms with Crippen LogP contribution < -0.4 is 5.73 Å². The number of ether oxygens (including phenoxy) is 1. The number of benzene rings is 1. The molecular weight excluding hydrogens is 247 g/mol. The van der Waals surface area contributed by atoms with Crippen LogP contribution in [0.1, 0.15) is 23.2 Å². The van der Waals surface area contributed by atoms with Crippen molar-refractivity contribution in [3.05, 3.63) is 29.6 Å². The first-order chi connectivity index (χ1) is 9.08. The molecule has 0 bridgehead atoms. The average molecular weight is 266 g/mol. The molecule has 0 saturated carbocycles. The summed E-state index contributed by atoms with van der Waals surface area (Å²) >= 11 is 0. The van der Waals surface area contributed by atoms with Gasteiger partial charge in [-0.25, -0.2) is 4.39 Å². The number of carbonyl (C=O) groups is 1. The summed E-state index contributed by atoms with van der Waals surface area (Å²) in [4.78, 5) is 13.9. The van der Waals surface area contributed by atoms with Gasteiger partial charge in [-0.15, -0.1) is 0 Å². The Labute approximate surface area is 112 Å². The van der Waals surface area contributed by atoms with Crippen molar-refractivity contribution in [2.75, 3.05) is 32.5 Å². The summed E-state index contributed by atoms with van der Waals surface area (Å²) in [6.45, 7) is 2.14. The number of rotatable bonds is 3. The molecule has 2 N–H and O–H groups in total. The number of amides is 1. The normalized spacial score (nSPS) is 16.3. The molecule has 1 amide bonds. The van der Waals surface area contributed by atoms with Gasteiger partial charge in [0.2, 0.25) is 0 Å². The number of halogens is 1. The van der Waals surface area contributed by atoms with Crippen LogP contribution in [0.5, 0.6) is 0 Å². The van der Waals surface area contributed by atoms with E-state index in [9.17, 15) is 9.18 Å². The Morgan fingerprint density at radius 3 is 2.84 bits per heavy atom. The van der Waals surface area contributed by atoms with Gasteiger partial charge < -0.3 is 15.4 Å². The topological polar surface area (TPSA) is 55.6 Å². The molecule has 0 atom stereocenters. The van der Waals surface area contributed by atoms with Crippen molar-refractivity contribution in [2.24, 2.45) is 5.92 Å². The maximum absolute atomic E-state index is 13.2. The first-order valence-electron chi connectivity index (χ1n) is 6.46. The molecule has 5 heteroatoms. The zero-order valence-electron chi connectivity index (χ0n) is 11.1. The van der Waals surface area contributed by atoms with Crippen LogP contribution in [0.15, 0.2) is 18.2 Å². The van der Waals surface area contributed by atoms with Crippen LogP contribution in [0.25, 0.3) is 0 Å². The first-order valence-corrected chi connectivity index (χ1v) is 6.46. The summed E-state index contributed by atoms with van der Waals surface area (Å²) in [7, 11) is 1.72. The fourth-order valence-electron chi connectivity index (χ4n) is 2.32. The highest BCUT2D eigenvalue weighted by Gasteiger charge is 2.21.